The monoisotopic (exact) mass is 202 g/mol. The largest absolute Gasteiger partial charge is 0.261 e. The maximum absolute atomic E-state index is 3.85. The molecule has 13 heavy (non-hydrogen) atoms. The molecule has 0 aliphatic carbocycles. The quantitative estimate of drug-likeness (QED) is 0.692. The van der Waals surface area contributed by atoms with Crippen molar-refractivity contribution in [1.82, 2.24) is 9.44 Å². The average molecular weight is 202 g/mol. The molecule has 78 valence electrons. The highest BCUT2D eigenvalue weighted by molar-refractivity contribution is 8.35. The maximum Gasteiger partial charge on any atom is 0.0117 e. The first kappa shape index (κ1) is 12.8. The van der Waals surface area contributed by atoms with Crippen LogP contribution in [0.3, 0.4) is 0 Å². The molecular formula is C10H22N2S. The Morgan fingerprint density at radius 1 is 0.923 bits per heavy atom. The second-order valence-electron chi connectivity index (χ2n) is 3.59. The van der Waals surface area contributed by atoms with Gasteiger partial charge in [-0.15, -0.1) is 0 Å². The third-order valence-corrected chi connectivity index (χ3v) is 4.16. The van der Waals surface area contributed by atoms with E-state index in [-0.39, 0.29) is 0 Å². The number of rotatable bonds is 6. The molecule has 2 nitrogen and oxygen atoms in total. The van der Waals surface area contributed by atoms with E-state index in [9.17, 15) is 0 Å². The molecule has 0 saturated heterocycles. The van der Waals surface area contributed by atoms with Crippen molar-refractivity contribution in [2.75, 3.05) is 0 Å². The fourth-order valence-corrected chi connectivity index (χ4v) is 3.22. The molecule has 0 saturated carbocycles. The summed E-state index contributed by atoms with van der Waals surface area (Å²) in [4.78, 5) is 0. The zero-order valence-corrected chi connectivity index (χ0v) is 9.95. The first-order chi connectivity index (χ1) is 5.95. The Kier molecular flexibility index (Phi) is 5.37. The normalized spacial score (nSPS) is 13.4. The fourth-order valence-electron chi connectivity index (χ4n) is 1.07. The summed E-state index contributed by atoms with van der Waals surface area (Å²) in [6.45, 7) is 16.2. The van der Waals surface area contributed by atoms with E-state index < -0.39 is 10.4 Å². The first-order valence-corrected chi connectivity index (χ1v) is 6.34. The Hall–Kier alpha value is -0.250. The Bertz CT molecular complexity index is 156. The Morgan fingerprint density at radius 2 is 1.23 bits per heavy atom. The number of hydrogen-bond donors (Lipinski definition) is 2. The summed E-state index contributed by atoms with van der Waals surface area (Å²) >= 11 is 0. The minimum atomic E-state index is -1.24. The van der Waals surface area contributed by atoms with Gasteiger partial charge in [-0.2, -0.15) is 0 Å². The summed E-state index contributed by atoms with van der Waals surface area (Å²) in [5, 5.41) is 3.86. The van der Waals surface area contributed by atoms with E-state index in [1.165, 1.54) is 0 Å². The zero-order valence-electron chi connectivity index (χ0n) is 9.13. The summed E-state index contributed by atoms with van der Waals surface area (Å²) in [6.07, 6.45) is 0. The van der Waals surface area contributed by atoms with E-state index in [2.05, 4.69) is 50.3 Å². The van der Waals surface area contributed by atoms with Crippen LogP contribution in [0.1, 0.15) is 27.7 Å². The zero-order chi connectivity index (χ0) is 10.5. The molecular weight excluding hydrogens is 180 g/mol. The van der Waals surface area contributed by atoms with Crippen LogP contribution in [0.4, 0.5) is 0 Å². The number of nitrogens with one attached hydrogen (secondary N) is 2. The lowest BCUT2D eigenvalue weighted by Crippen LogP contribution is -2.37. The average Bonchev–Trinajstić information content (AvgIpc) is 2.01. The molecule has 0 amide bonds. The predicted molar refractivity (Wildman–Crippen MR) is 64.5 cm³/mol. The van der Waals surface area contributed by atoms with Gasteiger partial charge in [0, 0.05) is 12.1 Å². The van der Waals surface area contributed by atoms with E-state index in [1.54, 1.807) is 0 Å². The third kappa shape index (κ3) is 4.50. The lowest BCUT2D eigenvalue weighted by molar-refractivity contribution is 0.722. The molecule has 0 aliphatic heterocycles. The van der Waals surface area contributed by atoms with Gasteiger partial charge in [-0.05, 0) is 38.5 Å². The summed E-state index contributed by atoms with van der Waals surface area (Å²) in [5.74, 6) is 0. The van der Waals surface area contributed by atoms with Crippen molar-refractivity contribution >= 4 is 10.4 Å². The van der Waals surface area contributed by atoms with Gasteiger partial charge in [0.1, 0.15) is 0 Å². The summed E-state index contributed by atoms with van der Waals surface area (Å²) in [6, 6.07) is 0.856. The van der Waals surface area contributed by atoms with E-state index >= 15 is 0 Å². The molecule has 0 aromatic carbocycles. The molecule has 3 heteroatoms. The minimum Gasteiger partial charge on any atom is -0.261 e. The molecule has 0 unspecified atom stereocenters. The fraction of sp³-hybridized carbons (Fsp3) is 0.600. The molecule has 2 N–H and O–H groups in total. The topological polar surface area (TPSA) is 24.1 Å². The van der Waals surface area contributed by atoms with E-state index in [4.69, 9.17) is 0 Å². The van der Waals surface area contributed by atoms with Crippen molar-refractivity contribution < 1.29 is 0 Å². The van der Waals surface area contributed by atoms with Gasteiger partial charge in [0.25, 0.3) is 0 Å². The number of hydrogen-bond acceptors (Lipinski definition) is 2. The van der Waals surface area contributed by atoms with Crippen molar-refractivity contribution in [1.29, 1.82) is 0 Å². The van der Waals surface area contributed by atoms with Crippen molar-refractivity contribution in [3.05, 3.63) is 24.0 Å². The SMILES string of the molecule is C=CS(C=C)(NC(C)C)NC(C)C. The van der Waals surface area contributed by atoms with Crippen LogP contribution in [0.15, 0.2) is 24.0 Å². The highest BCUT2D eigenvalue weighted by Crippen LogP contribution is 2.42. The Morgan fingerprint density at radius 3 is 1.38 bits per heavy atom. The van der Waals surface area contributed by atoms with E-state index in [0.717, 1.165) is 0 Å². The van der Waals surface area contributed by atoms with Crippen LogP contribution in [0, 0.1) is 0 Å². The maximum atomic E-state index is 3.85. The smallest absolute Gasteiger partial charge is 0.0117 e. The molecule has 0 rings (SSSR count). The standard InChI is InChI=1S/C10H22N2S/c1-7-13(8-2,11-9(3)4)12-10(5)6/h7-12H,1-2H2,3-6H3. The van der Waals surface area contributed by atoms with Crippen LogP contribution in [0.25, 0.3) is 0 Å². The van der Waals surface area contributed by atoms with Crippen LogP contribution >= 0.6 is 10.4 Å². The highest BCUT2D eigenvalue weighted by atomic mass is 32.3. The van der Waals surface area contributed by atoms with Crippen molar-refractivity contribution in [3.63, 3.8) is 0 Å². The van der Waals surface area contributed by atoms with Crippen LogP contribution in [-0.2, 0) is 0 Å². The van der Waals surface area contributed by atoms with Crippen LogP contribution in [0.2, 0.25) is 0 Å². The van der Waals surface area contributed by atoms with Crippen molar-refractivity contribution in [2.45, 2.75) is 39.8 Å². The molecule has 0 aromatic rings. The van der Waals surface area contributed by atoms with Gasteiger partial charge < -0.3 is 0 Å². The lowest BCUT2D eigenvalue weighted by atomic mass is 10.4. The molecule has 0 aromatic heterocycles. The first-order valence-electron chi connectivity index (χ1n) is 4.58. The lowest BCUT2D eigenvalue weighted by Gasteiger charge is -2.38. The van der Waals surface area contributed by atoms with Crippen LogP contribution in [0.5, 0.6) is 0 Å². The predicted octanol–water partition coefficient (Wildman–Crippen LogP) is 2.90. The summed E-state index contributed by atoms with van der Waals surface area (Å²) in [7, 11) is -1.24. The molecule has 0 bridgehead atoms. The van der Waals surface area contributed by atoms with Gasteiger partial charge in [-0.3, -0.25) is 9.44 Å². The van der Waals surface area contributed by atoms with Gasteiger partial charge in [0.2, 0.25) is 0 Å². The van der Waals surface area contributed by atoms with E-state index in [1.807, 2.05) is 10.8 Å². The van der Waals surface area contributed by atoms with Crippen LogP contribution < -0.4 is 9.44 Å². The molecule has 0 heterocycles. The van der Waals surface area contributed by atoms with Crippen LogP contribution in [-0.4, -0.2) is 12.1 Å². The van der Waals surface area contributed by atoms with Gasteiger partial charge in [-0.1, -0.05) is 23.6 Å². The van der Waals surface area contributed by atoms with Gasteiger partial charge in [0.05, 0.1) is 0 Å². The van der Waals surface area contributed by atoms with Crippen molar-refractivity contribution in [2.24, 2.45) is 0 Å². The molecule has 0 fully saturated rings. The Labute approximate surface area is 84.1 Å². The van der Waals surface area contributed by atoms with Gasteiger partial charge in [0.15, 0.2) is 0 Å². The second kappa shape index (κ2) is 5.47. The minimum absolute atomic E-state index is 0.428. The van der Waals surface area contributed by atoms with Gasteiger partial charge in [-0.25, -0.2) is 0 Å². The summed E-state index contributed by atoms with van der Waals surface area (Å²) < 4.78 is 6.92. The highest BCUT2D eigenvalue weighted by Gasteiger charge is 2.17. The third-order valence-electron chi connectivity index (χ3n) is 1.39. The molecule has 0 atom stereocenters. The van der Waals surface area contributed by atoms with E-state index in [0.29, 0.717) is 12.1 Å². The van der Waals surface area contributed by atoms with Crippen molar-refractivity contribution in [3.8, 4) is 0 Å². The summed E-state index contributed by atoms with van der Waals surface area (Å²) in [5.41, 5.74) is 0. The van der Waals surface area contributed by atoms with Gasteiger partial charge >= 0.3 is 0 Å². The molecule has 0 aliphatic rings. The molecule has 0 radical (unpaired) electrons. The second-order valence-corrected chi connectivity index (χ2v) is 6.15. The molecule has 0 spiro atoms. The Balaban J connectivity index is 4.49.